The summed E-state index contributed by atoms with van der Waals surface area (Å²) in [5.74, 6) is 0. The highest BCUT2D eigenvalue weighted by Crippen LogP contribution is 2.62. The SMILES string of the molecule is c1ccc(-c2ccc(N(c3ccc4c(c3)-c3ccccc3-c3ccccc3C43c4ccccc4-c4cc5ccccc5cc43)c3ccc4oc5ccccc5c4c3)cc2)cc1. The molecule has 1 aromatic heterocycles. The van der Waals surface area contributed by atoms with Crippen LogP contribution in [0.2, 0.25) is 0 Å². The highest BCUT2D eigenvalue weighted by molar-refractivity contribution is 6.07. The van der Waals surface area contributed by atoms with E-state index in [1.165, 1.54) is 77.5 Å². The molecule has 0 bridgehead atoms. The minimum atomic E-state index is -0.573. The third-order valence-corrected chi connectivity index (χ3v) is 13.3. The molecule has 2 heteroatoms. The predicted octanol–water partition coefficient (Wildman–Crippen LogP) is 15.9. The second-order valence-electron chi connectivity index (χ2n) is 16.4. The van der Waals surface area contributed by atoms with Gasteiger partial charge in [-0.2, -0.15) is 0 Å². The Morgan fingerprint density at radius 1 is 0.295 bits per heavy atom. The number of nitrogens with zero attached hydrogens (tertiary/aromatic N) is 1. The van der Waals surface area contributed by atoms with E-state index in [4.69, 9.17) is 4.42 Å². The molecule has 1 atom stereocenters. The Bertz CT molecular complexity index is 3540. The highest BCUT2D eigenvalue weighted by Gasteiger charge is 2.50. The monoisotopic (exact) mass is 775 g/mol. The molecule has 0 radical (unpaired) electrons. The van der Waals surface area contributed by atoms with E-state index in [9.17, 15) is 0 Å². The minimum Gasteiger partial charge on any atom is -0.456 e. The van der Waals surface area contributed by atoms with E-state index >= 15 is 0 Å². The average Bonchev–Trinajstić information content (AvgIpc) is 3.81. The van der Waals surface area contributed by atoms with Gasteiger partial charge in [0.25, 0.3) is 0 Å². The summed E-state index contributed by atoms with van der Waals surface area (Å²) in [5.41, 5.74) is 19.6. The van der Waals surface area contributed by atoms with Gasteiger partial charge in [0.05, 0.1) is 5.41 Å². The maximum atomic E-state index is 6.34. The first kappa shape index (κ1) is 34.0. The molecule has 0 amide bonds. The number of furan rings is 1. The summed E-state index contributed by atoms with van der Waals surface area (Å²) in [6.45, 7) is 0. The molecule has 1 unspecified atom stereocenters. The van der Waals surface area contributed by atoms with Crippen LogP contribution in [0.1, 0.15) is 22.3 Å². The lowest BCUT2D eigenvalue weighted by molar-refractivity contribution is 0.669. The average molecular weight is 776 g/mol. The molecule has 0 fully saturated rings. The topological polar surface area (TPSA) is 16.4 Å². The van der Waals surface area contributed by atoms with Crippen LogP contribution in [0.3, 0.4) is 0 Å². The second-order valence-corrected chi connectivity index (χ2v) is 16.4. The summed E-state index contributed by atoms with van der Waals surface area (Å²) >= 11 is 0. The van der Waals surface area contributed by atoms with Gasteiger partial charge in [-0.1, -0.05) is 164 Å². The number of hydrogen-bond donors (Lipinski definition) is 0. The zero-order valence-electron chi connectivity index (χ0n) is 33.2. The molecule has 1 heterocycles. The van der Waals surface area contributed by atoms with E-state index in [0.29, 0.717) is 0 Å². The van der Waals surface area contributed by atoms with Crippen molar-refractivity contribution in [2.45, 2.75) is 5.41 Å². The summed E-state index contributed by atoms with van der Waals surface area (Å²) in [5, 5.41) is 4.71. The van der Waals surface area contributed by atoms with Crippen LogP contribution in [0.15, 0.2) is 229 Å². The van der Waals surface area contributed by atoms with Crippen molar-refractivity contribution in [2.24, 2.45) is 0 Å². The van der Waals surface area contributed by atoms with Crippen molar-refractivity contribution >= 4 is 49.8 Å². The molecule has 13 rings (SSSR count). The van der Waals surface area contributed by atoms with Crippen LogP contribution in [0.5, 0.6) is 0 Å². The predicted molar refractivity (Wildman–Crippen MR) is 253 cm³/mol. The standard InChI is InChI=1S/C59H37NO/c1-2-14-38(15-3-1)39-26-28-42(29-27-39)60(44-31-33-58-52(37-44)49-22-10-13-25-57(49)61-58)43-30-32-55-51(36-43)46-19-7-6-18-45(46)47-20-8-11-23-53(47)59(55)54-24-12-9-21-48(54)50-34-40-16-4-5-17-41(40)35-56(50)59/h1-37H. The van der Waals surface area contributed by atoms with Crippen LogP contribution < -0.4 is 4.90 Å². The van der Waals surface area contributed by atoms with E-state index in [2.05, 4.69) is 223 Å². The van der Waals surface area contributed by atoms with Gasteiger partial charge in [-0.15, -0.1) is 0 Å². The largest absolute Gasteiger partial charge is 0.456 e. The lowest BCUT2D eigenvalue weighted by Gasteiger charge is -2.36. The summed E-state index contributed by atoms with van der Waals surface area (Å²) < 4.78 is 6.34. The van der Waals surface area contributed by atoms with Gasteiger partial charge in [-0.3, -0.25) is 0 Å². The molecule has 1 spiro atoms. The molecule has 2 nitrogen and oxygen atoms in total. The smallest absolute Gasteiger partial charge is 0.135 e. The van der Waals surface area contributed by atoms with E-state index in [1.54, 1.807) is 0 Å². The fourth-order valence-electron chi connectivity index (χ4n) is 10.6. The molecule has 0 saturated carbocycles. The highest BCUT2D eigenvalue weighted by atomic mass is 16.3. The number of anilines is 3. The van der Waals surface area contributed by atoms with Gasteiger partial charge in [0.15, 0.2) is 0 Å². The molecule has 11 aromatic rings. The molecule has 0 aliphatic heterocycles. The molecule has 61 heavy (non-hydrogen) atoms. The molecule has 284 valence electrons. The van der Waals surface area contributed by atoms with Crippen molar-refractivity contribution in [1.29, 1.82) is 0 Å². The second kappa shape index (κ2) is 13.0. The van der Waals surface area contributed by atoms with Gasteiger partial charge < -0.3 is 9.32 Å². The maximum absolute atomic E-state index is 6.34. The van der Waals surface area contributed by atoms with Gasteiger partial charge in [0.1, 0.15) is 11.2 Å². The van der Waals surface area contributed by atoms with Gasteiger partial charge >= 0.3 is 0 Å². The number of hydrogen-bond acceptors (Lipinski definition) is 2. The van der Waals surface area contributed by atoms with Crippen molar-refractivity contribution in [3.63, 3.8) is 0 Å². The van der Waals surface area contributed by atoms with Gasteiger partial charge in [0, 0.05) is 27.8 Å². The van der Waals surface area contributed by atoms with Crippen LogP contribution in [0.4, 0.5) is 17.1 Å². The first-order valence-electron chi connectivity index (χ1n) is 21.1. The third kappa shape index (κ3) is 4.91. The first-order chi connectivity index (χ1) is 30.2. The normalized spacial score (nSPS) is 14.6. The Labute approximate surface area is 354 Å². The van der Waals surface area contributed by atoms with Gasteiger partial charge in [-0.05, 0) is 138 Å². The number of para-hydroxylation sites is 1. The van der Waals surface area contributed by atoms with Crippen LogP contribution in [0.25, 0.3) is 77.2 Å². The van der Waals surface area contributed by atoms with Gasteiger partial charge in [0.2, 0.25) is 0 Å². The van der Waals surface area contributed by atoms with E-state index in [-0.39, 0.29) is 0 Å². The van der Waals surface area contributed by atoms with Crippen molar-refractivity contribution in [1.82, 2.24) is 0 Å². The van der Waals surface area contributed by atoms with Crippen molar-refractivity contribution in [3.8, 4) is 44.5 Å². The summed E-state index contributed by atoms with van der Waals surface area (Å²) in [7, 11) is 0. The lowest BCUT2D eigenvalue weighted by atomic mass is 9.65. The molecule has 2 aliphatic carbocycles. The molecule has 0 N–H and O–H groups in total. The number of fused-ring (bicyclic) bond motifs is 16. The Balaban J connectivity index is 1.11. The van der Waals surface area contributed by atoms with Crippen LogP contribution in [0, 0.1) is 0 Å². The van der Waals surface area contributed by atoms with E-state index < -0.39 is 5.41 Å². The quantitative estimate of drug-likeness (QED) is 0.177. The minimum absolute atomic E-state index is 0.573. The summed E-state index contributed by atoms with van der Waals surface area (Å²) in [4.78, 5) is 2.41. The van der Waals surface area contributed by atoms with Crippen molar-refractivity contribution in [2.75, 3.05) is 4.90 Å². The van der Waals surface area contributed by atoms with E-state index in [1.807, 2.05) is 6.07 Å². The van der Waals surface area contributed by atoms with Crippen LogP contribution in [-0.2, 0) is 5.41 Å². The Kier molecular flexibility index (Phi) is 7.26. The Morgan fingerprint density at radius 3 is 1.57 bits per heavy atom. The summed E-state index contributed by atoms with van der Waals surface area (Å²) in [6, 6.07) is 82.7. The number of rotatable bonds is 4. The summed E-state index contributed by atoms with van der Waals surface area (Å²) in [6.07, 6.45) is 0. The molecule has 0 saturated heterocycles. The van der Waals surface area contributed by atoms with Crippen LogP contribution in [-0.4, -0.2) is 0 Å². The van der Waals surface area contributed by atoms with Gasteiger partial charge in [-0.25, -0.2) is 0 Å². The zero-order chi connectivity index (χ0) is 40.1. The Morgan fingerprint density at radius 2 is 0.803 bits per heavy atom. The van der Waals surface area contributed by atoms with Crippen molar-refractivity contribution < 1.29 is 4.42 Å². The fraction of sp³-hybridized carbons (Fsp3) is 0.0169. The van der Waals surface area contributed by atoms with Crippen LogP contribution >= 0.6 is 0 Å². The van der Waals surface area contributed by atoms with Crippen molar-refractivity contribution in [3.05, 3.63) is 247 Å². The molecular formula is C59H37NO. The lowest BCUT2D eigenvalue weighted by Crippen LogP contribution is -2.29. The van der Waals surface area contributed by atoms with E-state index in [0.717, 1.165) is 39.0 Å². The Hall–Kier alpha value is -7.94. The molecule has 10 aromatic carbocycles. The third-order valence-electron chi connectivity index (χ3n) is 13.3. The number of benzene rings is 10. The first-order valence-corrected chi connectivity index (χ1v) is 21.1. The fourth-order valence-corrected chi connectivity index (χ4v) is 10.6. The zero-order valence-corrected chi connectivity index (χ0v) is 33.2. The molecule has 2 aliphatic rings. The maximum Gasteiger partial charge on any atom is 0.135 e. The molecular weight excluding hydrogens is 739 g/mol.